The van der Waals surface area contributed by atoms with Crippen LogP contribution in [0.5, 0.6) is 0 Å². The van der Waals surface area contributed by atoms with Gasteiger partial charge >= 0.3 is 5.97 Å². The summed E-state index contributed by atoms with van der Waals surface area (Å²) in [7, 11) is 0. The Balaban J connectivity index is 1.76. The molecule has 0 radical (unpaired) electrons. The number of aryl methyl sites for hydroxylation is 1. The summed E-state index contributed by atoms with van der Waals surface area (Å²) in [6, 6.07) is 7.50. The maximum Gasteiger partial charge on any atom is 0.338 e. The van der Waals surface area contributed by atoms with Gasteiger partial charge in [0.2, 0.25) is 0 Å². The number of morpholine rings is 1. The summed E-state index contributed by atoms with van der Waals surface area (Å²) in [5, 5.41) is 0. The summed E-state index contributed by atoms with van der Waals surface area (Å²) in [6.07, 6.45) is 0. The highest BCUT2D eigenvalue weighted by molar-refractivity contribution is 5.90. The second-order valence-corrected chi connectivity index (χ2v) is 4.56. The maximum absolute atomic E-state index is 11.9. The molecule has 0 bridgehead atoms. The molecule has 1 aromatic carbocycles. The largest absolute Gasteiger partial charge is 0.456 e. The van der Waals surface area contributed by atoms with E-state index in [-0.39, 0.29) is 5.97 Å². The fourth-order valence-electron chi connectivity index (χ4n) is 2.08. The van der Waals surface area contributed by atoms with Crippen molar-refractivity contribution in [1.29, 1.82) is 0 Å². The Kier molecular flexibility index (Phi) is 4.73. The van der Waals surface area contributed by atoms with Gasteiger partial charge in [-0.1, -0.05) is 18.2 Å². The molecule has 1 aliphatic heterocycles. The summed E-state index contributed by atoms with van der Waals surface area (Å²) < 4.78 is 10.6. The number of carbonyl (C=O) groups is 1. The molecule has 1 N–H and O–H groups in total. The van der Waals surface area contributed by atoms with Crippen LogP contribution in [0.25, 0.3) is 0 Å². The van der Waals surface area contributed by atoms with Crippen LogP contribution >= 0.6 is 0 Å². The van der Waals surface area contributed by atoms with E-state index in [0.717, 1.165) is 38.4 Å². The highest BCUT2D eigenvalue weighted by Crippen LogP contribution is 2.07. The molecule has 0 atom stereocenters. The van der Waals surface area contributed by atoms with Crippen molar-refractivity contribution in [1.82, 2.24) is 0 Å². The van der Waals surface area contributed by atoms with Gasteiger partial charge in [0.25, 0.3) is 0 Å². The third kappa shape index (κ3) is 3.55. The lowest BCUT2D eigenvalue weighted by Crippen LogP contribution is -3.14. The van der Waals surface area contributed by atoms with Crippen LogP contribution < -0.4 is 4.90 Å². The summed E-state index contributed by atoms with van der Waals surface area (Å²) in [5.74, 6) is -0.222. The molecule has 1 aromatic rings. The molecular weight excluding hydrogens is 230 g/mol. The van der Waals surface area contributed by atoms with Gasteiger partial charge in [0.1, 0.15) is 26.2 Å². The quantitative estimate of drug-likeness (QED) is 0.769. The number of rotatable bonds is 4. The highest BCUT2D eigenvalue weighted by Gasteiger charge is 2.15. The lowest BCUT2D eigenvalue weighted by molar-refractivity contribution is -0.908. The van der Waals surface area contributed by atoms with E-state index in [1.165, 1.54) is 4.90 Å². The molecule has 98 valence electrons. The topological polar surface area (TPSA) is 40.0 Å². The molecule has 1 fully saturated rings. The zero-order valence-electron chi connectivity index (χ0n) is 10.8. The minimum atomic E-state index is -0.222. The molecule has 4 nitrogen and oxygen atoms in total. The van der Waals surface area contributed by atoms with Gasteiger partial charge < -0.3 is 14.4 Å². The number of hydrogen-bond donors (Lipinski definition) is 1. The first kappa shape index (κ1) is 13.1. The van der Waals surface area contributed by atoms with Gasteiger partial charge in [-0.3, -0.25) is 0 Å². The SMILES string of the molecule is Cc1ccccc1C(=O)OCC[NH+]1CCOCC1. The van der Waals surface area contributed by atoms with Crippen LogP contribution in [0.3, 0.4) is 0 Å². The Morgan fingerprint density at radius 2 is 2.06 bits per heavy atom. The monoisotopic (exact) mass is 250 g/mol. The Labute approximate surface area is 107 Å². The predicted octanol–water partition coefficient (Wildman–Crippen LogP) is 0.0669. The van der Waals surface area contributed by atoms with Crippen molar-refractivity contribution in [3.63, 3.8) is 0 Å². The molecule has 18 heavy (non-hydrogen) atoms. The average molecular weight is 250 g/mol. The summed E-state index contributed by atoms with van der Waals surface area (Å²) >= 11 is 0. The Bertz CT molecular complexity index is 400. The van der Waals surface area contributed by atoms with Crippen LogP contribution in [0.1, 0.15) is 15.9 Å². The maximum atomic E-state index is 11.9. The number of benzene rings is 1. The van der Waals surface area contributed by atoms with Crippen LogP contribution in [-0.2, 0) is 9.47 Å². The van der Waals surface area contributed by atoms with Crippen LogP contribution in [0.2, 0.25) is 0 Å². The van der Waals surface area contributed by atoms with Gasteiger partial charge in [-0.05, 0) is 18.6 Å². The molecule has 1 saturated heterocycles. The van der Waals surface area contributed by atoms with E-state index in [1.54, 1.807) is 6.07 Å². The third-order valence-corrected chi connectivity index (χ3v) is 3.25. The molecule has 0 saturated carbocycles. The van der Waals surface area contributed by atoms with Gasteiger partial charge in [-0.25, -0.2) is 4.79 Å². The molecule has 2 rings (SSSR count). The van der Waals surface area contributed by atoms with Crippen molar-refractivity contribution in [2.24, 2.45) is 0 Å². The number of esters is 1. The normalized spacial score (nSPS) is 16.5. The summed E-state index contributed by atoms with van der Waals surface area (Å²) in [6.45, 7) is 6.87. The first-order valence-electron chi connectivity index (χ1n) is 6.41. The van der Waals surface area contributed by atoms with E-state index in [4.69, 9.17) is 9.47 Å². The van der Waals surface area contributed by atoms with E-state index in [0.29, 0.717) is 12.2 Å². The van der Waals surface area contributed by atoms with Crippen molar-refractivity contribution < 1.29 is 19.2 Å². The minimum Gasteiger partial charge on any atom is -0.456 e. The van der Waals surface area contributed by atoms with E-state index in [9.17, 15) is 4.79 Å². The van der Waals surface area contributed by atoms with Gasteiger partial charge in [-0.2, -0.15) is 0 Å². The highest BCUT2D eigenvalue weighted by atomic mass is 16.5. The third-order valence-electron chi connectivity index (χ3n) is 3.25. The van der Waals surface area contributed by atoms with Crippen molar-refractivity contribution in [2.45, 2.75) is 6.92 Å². The van der Waals surface area contributed by atoms with E-state index in [1.807, 2.05) is 25.1 Å². The molecule has 0 aliphatic carbocycles. The van der Waals surface area contributed by atoms with Crippen LogP contribution in [0.15, 0.2) is 24.3 Å². The zero-order chi connectivity index (χ0) is 12.8. The lowest BCUT2D eigenvalue weighted by Gasteiger charge is -2.23. The first-order chi connectivity index (χ1) is 8.77. The number of hydrogen-bond acceptors (Lipinski definition) is 3. The molecule has 1 heterocycles. The molecule has 0 aromatic heterocycles. The fourth-order valence-corrected chi connectivity index (χ4v) is 2.08. The number of ether oxygens (including phenoxy) is 2. The molecule has 0 spiro atoms. The summed E-state index contributed by atoms with van der Waals surface area (Å²) in [5.41, 5.74) is 1.62. The molecular formula is C14H20NO3+. The van der Waals surface area contributed by atoms with Crippen molar-refractivity contribution >= 4 is 5.97 Å². The van der Waals surface area contributed by atoms with Gasteiger partial charge in [0.15, 0.2) is 0 Å². The van der Waals surface area contributed by atoms with E-state index in [2.05, 4.69) is 0 Å². The fraction of sp³-hybridized carbons (Fsp3) is 0.500. The second-order valence-electron chi connectivity index (χ2n) is 4.56. The zero-order valence-corrected chi connectivity index (χ0v) is 10.8. The Hall–Kier alpha value is -1.39. The van der Waals surface area contributed by atoms with Gasteiger partial charge in [0, 0.05) is 0 Å². The van der Waals surface area contributed by atoms with Crippen LogP contribution in [0.4, 0.5) is 0 Å². The van der Waals surface area contributed by atoms with E-state index < -0.39 is 0 Å². The van der Waals surface area contributed by atoms with Crippen LogP contribution in [0, 0.1) is 6.92 Å². The molecule has 0 unspecified atom stereocenters. The molecule has 4 heteroatoms. The number of quaternary nitrogens is 1. The standard InChI is InChI=1S/C14H19NO3/c1-12-4-2-3-5-13(12)14(16)18-11-8-15-6-9-17-10-7-15/h2-5H,6-11H2,1H3/p+1. The van der Waals surface area contributed by atoms with Gasteiger partial charge in [-0.15, -0.1) is 0 Å². The summed E-state index contributed by atoms with van der Waals surface area (Å²) in [4.78, 5) is 13.3. The van der Waals surface area contributed by atoms with Crippen molar-refractivity contribution in [3.05, 3.63) is 35.4 Å². The average Bonchev–Trinajstić information content (AvgIpc) is 2.40. The smallest absolute Gasteiger partial charge is 0.338 e. The Morgan fingerprint density at radius 3 is 2.78 bits per heavy atom. The van der Waals surface area contributed by atoms with Crippen molar-refractivity contribution in [3.8, 4) is 0 Å². The van der Waals surface area contributed by atoms with Gasteiger partial charge in [0.05, 0.1) is 18.8 Å². The molecule has 1 aliphatic rings. The van der Waals surface area contributed by atoms with Crippen LogP contribution in [-0.4, -0.2) is 45.4 Å². The van der Waals surface area contributed by atoms with Crippen molar-refractivity contribution in [2.75, 3.05) is 39.5 Å². The number of carbonyl (C=O) groups excluding carboxylic acids is 1. The predicted molar refractivity (Wildman–Crippen MR) is 67.8 cm³/mol. The molecule has 0 amide bonds. The Morgan fingerprint density at radius 1 is 1.33 bits per heavy atom. The lowest BCUT2D eigenvalue weighted by atomic mass is 10.1. The van der Waals surface area contributed by atoms with E-state index >= 15 is 0 Å². The number of nitrogens with one attached hydrogen (secondary N) is 1. The minimum absolute atomic E-state index is 0.222. The second kappa shape index (κ2) is 6.52. The first-order valence-corrected chi connectivity index (χ1v) is 6.41.